The summed E-state index contributed by atoms with van der Waals surface area (Å²) in [6, 6.07) is 14.3. The Morgan fingerprint density at radius 2 is 1.72 bits per heavy atom. The molecule has 0 fully saturated rings. The van der Waals surface area contributed by atoms with E-state index >= 15 is 0 Å². The Labute approximate surface area is 232 Å². The third-order valence-corrected chi connectivity index (χ3v) is 6.41. The number of allylic oxidation sites excluding steroid dienone is 1. The molecule has 0 spiro atoms. The van der Waals surface area contributed by atoms with E-state index in [1.54, 1.807) is 18.5 Å². The number of aromatic nitrogens is 2. The lowest BCUT2D eigenvalue weighted by Gasteiger charge is -2.28. The van der Waals surface area contributed by atoms with E-state index in [2.05, 4.69) is 34.5 Å². The summed E-state index contributed by atoms with van der Waals surface area (Å²) in [6.45, 7) is 14.9. The molecular weight excluding hydrogens is 491 g/mol. The molecule has 210 valence electrons. The van der Waals surface area contributed by atoms with E-state index in [4.69, 9.17) is 5.11 Å². The Kier molecular flexibility index (Phi) is 12.9. The average Bonchev–Trinajstić information content (AvgIpc) is 3.25. The van der Waals surface area contributed by atoms with Gasteiger partial charge in [0.2, 0.25) is 0 Å². The lowest BCUT2D eigenvalue weighted by molar-refractivity contribution is 0.0169. The number of aliphatic hydroxyl groups excluding tert-OH is 1. The Morgan fingerprint density at radius 1 is 1.08 bits per heavy atom. The van der Waals surface area contributed by atoms with Crippen LogP contribution in [0, 0.1) is 19.7 Å². The molecule has 0 atom stereocenters. The first-order valence-corrected chi connectivity index (χ1v) is 13.5. The topological polar surface area (TPSA) is 83.0 Å². The Hall–Kier alpha value is -3.42. The summed E-state index contributed by atoms with van der Waals surface area (Å²) < 4.78 is 14.7. The van der Waals surface area contributed by atoms with Crippen molar-refractivity contribution in [2.45, 2.75) is 72.4 Å². The normalized spacial score (nSPS) is 11.9. The van der Waals surface area contributed by atoms with Gasteiger partial charge < -0.3 is 14.8 Å². The zero-order valence-corrected chi connectivity index (χ0v) is 24.0. The molecule has 0 aliphatic carbocycles. The van der Waals surface area contributed by atoms with E-state index in [-0.39, 0.29) is 12.4 Å². The molecule has 2 aromatic carbocycles. The van der Waals surface area contributed by atoms with Gasteiger partial charge in [-0.15, -0.1) is 0 Å². The summed E-state index contributed by atoms with van der Waals surface area (Å²) in [5.41, 5.74) is 5.58. The first-order valence-electron chi connectivity index (χ1n) is 13.5. The summed E-state index contributed by atoms with van der Waals surface area (Å²) in [5.74, 6) is -0.255. The fourth-order valence-electron chi connectivity index (χ4n) is 4.42. The molecule has 0 bridgehead atoms. The van der Waals surface area contributed by atoms with Crippen molar-refractivity contribution in [2.75, 3.05) is 13.2 Å². The quantitative estimate of drug-likeness (QED) is 0.259. The highest BCUT2D eigenvalue weighted by Gasteiger charge is 2.26. The van der Waals surface area contributed by atoms with E-state index in [1.165, 1.54) is 17.7 Å². The number of rotatable bonds is 12. The minimum Gasteiger partial charge on any atom is -0.395 e. The van der Waals surface area contributed by atoms with Gasteiger partial charge in [0.15, 0.2) is 0 Å². The van der Waals surface area contributed by atoms with Gasteiger partial charge in [-0.3, -0.25) is 9.98 Å². The third-order valence-electron chi connectivity index (χ3n) is 6.41. The number of nitrogens with zero attached hydrogens (tertiary/aromatic N) is 4. The van der Waals surface area contributed by atoms with Gasteiger partial charge >= 0.3 is 0 Å². The molecule has 7 heteroatoms. The van der Waals surface area contributed by atoms with Gasteiger partial charge in [0.1, 0.15) is 11.5 Å². The molecule has 0 amide bonds. The number of aliphatic hydroxyl groups is 2. The molecule has 3 aromatic rings. The summed E-state index contributed by atoms with van der Waals surface area (Å²) >= 11 is 0. The molecule has 0 aliphatic rings. The smallest absolute Gasteiger partial charge is 0.123 e. The van der Waals surface area contributed by atoms with Crippen molar-refractivity contribution in [3.8, 4) is 0 Å². The lowest BCUT2D eigenvalue weighted by atomic mass is 9.85. The van der Waals surface area contributed by atoms with Crippen LogP contribution < -0.4 is 0 Å². The minimum absolute atomic E-state index is 0.0784. The maximum Gasteiger partial charge on any atom is 0.123 e. The number of hydrogen-bond acceptors (Lipinski definition) is 5. The van der Waals surface area contributed by atoms with Crippen LogP contribution in [-0.2, 0) is 12.1 Å². The maximum atomic E-state index is 12.8. The van der Waals surface area contributed by atoms with Gasteiger partial charge in [-0.05, 0) is 62.4 Å². The summed E-state index contributed by atoms with van der Waals surface area (Å²) in [5, 5.41) is 19.6. The first-order chi connectivity index (χ1) is 18.6. The molecule has 1 heterocycles. The predicted molar refractivity (Wildman–Crippen MR) is 159 cm³/mol. The average molecular weight is 535 g/mol. The van der Waals surface area contributed by atoms with Crippen LogP contribution in [0.3, 0.4) is 0 Å². The van der Waals surface area contributed by atoms with Crippen LogP contribution in [0.1, 0.15) is 74.5 Å². The Balaban J connectivity index is 0.000000306. The molecular formula is C32H43FN4O2. The third kappa shape index (κ3) is 9.68. The van der Waals surface area contributed by atoms with E-state index < -0.39 is 5.60 Å². The number of aliphatic imine (C=N–C) groups is 2. The number of hydrogen-bond donors (Lipinski definition) is 2. The van der Waals surface area contributed by atoms with Crippen molar-refractivity contribution in [2.24, 2.45) is 9.98 Å². The predicted octanol–water partition coefficient (Wildman–Crippen LogP) is 6.55. The van der Waals surface area contributed by atoms with Gasteiger partial charge in [0.05, 0.1) is 30.8 Å². The molecule has 1 aromatic heterocycles. The van der Waals surface area contributed by atoms with Crippen molar-refractivity contribution in [3.05, 3.63) is 101 Å². The van der Waals surface area contributed by atoms with Crippen molar-refractivity contribution in [3.63, 3.8) is 0 Å². The van der Waals surface area contributed by atoms with Crippen molar-refractivity contribution in [1.29, 1.82) is 0 Å². The highest BCUT2D eigenvalue weighted by molar-refractivity contribution is 6.03. The van der Waals surface area contributed by atoms with Crippen molar-refractivity contribution in [1.82, 2.24) is 9.55 Å². The molecule has 2 N–H and O–H groups in total. The second-order valence-corrected chi connectivity index (χ2v) is 9.75. The molecule has 0 unspecified atom stereocenters. The Bertz CT molecular complexity index is 1240. The second-order valence-electron chi connectivity index (χ2n) is 9.75. The molecule has 0 saturated heterocycles. The molecule has 39 heavy (non-hydrogen) atoms. The first kappa shape index (κ1) is 31.8. The SMILES string of the molecule is C=C(C)N=C(CN=Cc1ccccc1C)c1ncn(CCO)c1C.CCCC(O)(CCC)c1ccc(F)cc1. The number of benzene rings is 2. The number of imidazole rings is 1. The number of halogens is 1. The largest absolute Gasteiger partial charge is 0.395 e. The van der Waals surface area contributed by atoms with Crippen LogP contribution >= 0.6 is 0 Å². The van der Waals surface area contributed by atoms with Crippen LogP contribution in [0.4, 0.5) is 4.39 Å². The van der Waals surface area contributed by atoms with Gasteiger partial charge in [-0.1, -0.05) is 69.7 Å². The van der Waals surface area contributed by atoms with E-state index in [0.717, 1.165) is 53.9 Å². The van der Waals surface area contributed by atoms with Crippen LogP contribution in [0.15, 0.2) is 77.1 Å². The van der Waals surface area contributed by atoms with E-state index in [9.17, 15) is 9.50 Å². The van der Waals surface area contributed by atoms with Crippen molar-refractivity contribution < 1.29 is 14.6 Å². The van der Waals surface area contributed by atoms with E-state index in [1.807, 2.05) is 56.7 Å². The Morgan fingerprint density at radius 3 is 2.28 bits per heavy atom. The minimum atomic E-state index is -0.781. The molecule has 3 rings (SSSR count). The monoisotopic (exact) mass is 534 g/mol. The van der Waals surface area contributed by atoms with Gasteiger partial charge in [0.25, 0.3) is 0 Å². The van der Waals surface area contributed by atoms with Crippen LogP contribution in [0.5, 0.6) is 0 Å². The zero-order valence-electron chi connectivity index (χ0n) is 24.0. The molecule has 0 saturated carbocycles. The van der Waals surface area contributed by atoms with Crippen molar-refractivity contribution >= 4 is 11.9 Å². The van der Waals surface area contributed by atoms with Crippen LogP contribution in [0.25, 0.3) is 0 Å². The fourth-order valence-corrected chi connectivity index (χ4v) is 4.42. The zero-order chi connectivity index (χ0) is 28.8. The van der Waals surface area contributed by atoms with Gasteiger partial charge in [0, 0.05) is 24.2 Å². The molecule has 0 radical (unpaired) electrons. The maximum absolute atomic E-state index is 12.8. The van der Waals surface area contributed by atoms with Crippen LogP contribution in [-0.4, -0.2) is 44.8 Å². The van der Waals surface area contributed by atoms with Gasteiger partial charge in [-0.2, -0.15) is 0 Å². The fraction of sp³-hybridized carbons (Fsp3) is 0.406. The standard InChI is InChI=1S/C19H24N4O.C13H19FO/c1-14(2)22-18(19-16(4)23(9-10-24)13-21-19)12-20-11-17-8-6-5-7-15(17)3;1-3-9-13(15,10-4-2)11-5-7-12(14)8-6-11/h5-8,11,13,24H,1,9-10,12H2,2-4H3;5-8,15H,3-4,9-10H2,1-2H3. The highest BCUT2D eigenvalue weighted by Crippen LogP contribution is 2.31. The summed E-state index contributed by atoms with van der Waals surface area (Å²) in [7, 11) is 0. The lowest BCUT2D eigenvalue weighted by Crippen LogP contribution is -2.25. The van der Waals surface area contributed by atoms with E-state index in [0.29, 0.717) is 18.8 Å². The molecule has 0 aliphatic heterocycles. The van der Waals surface area contributed by atoms with Crippen LogP contribution in [0.2, 0.25) is 0 Å². The molecule has 6 nitrogen and oxygen atoms in total. The van der Waals surface area contributed by atoms with Gasteiger partial charge in [-0.25, -0.2) is 9.37 Å². The summed E-state index contributed by atoms with van der Waals surface area (Å²) in [4.78, 5) is 13.5. The summed E-state index contributed by atoms with van der Waals surface area (Å²) in [6.07, 6.45) is 6.89. The highest BCUT2D eigenvalue weighted by atomic mass is 19.1. The number of aryl methyl sites for hydroxylation is 1. The second kappa shape index (κ2) is 15.9.